The summed E-state index contributed by atoms with van der Waals surface area (Å²) in [7, 11) is 0. The first-order valence-corrected chi connectivity index (χ1v) is 6.73. The third-order valence-electron chi connectivity index (χ3n) is 3.91. The number of amides is 1. The van der Waals surface area contributed by atoms with Gasteiger partial charge >= 0.3 is 0 Å². The van der Waals surface area contributed by atoms with Gasteiger partial charge in [-0.1, -0.05) is 6.07 Å². The number of primary amides is 1. The van der Waals surface area contributed by atoms with Gasteiger partial charge in [0.25, 0.3) is 5.91 Å². The number of nitrogens with one attached hydrogen (secondary N) is 1. The number of ether oxygens (including phenoxy) is 1. The molecule has 102 valence electrons. The van der Waals surface area contributed by atoms with Crippen LogP contribution in [0, 0.1) is 5.92 Å². The van der Waals surface area contributed by atoms with Crippen LogP contribution >= 0.6 is 0 Å². The second-order valence-corrected chi connectivity index (χ2v) is 5.35. The minimum absolute atomic E-state index is 0.218. The number of hydrogen-bond acceptors (Lipinski definition) is 4. The number of carbonyl (C=O) groups is 1. The van der Waals surface area contributed by atoms with Crippen LogP contribution in [0.2, 0.25) is 0 Å². The van der Waals surface area contributed by atoms with Crippen molar-refractivity contribution in [3.8, 4) is 0 Å². The van der Waals surface area contributed by atoms with E-state index in [0.29, 0.717) is 22.9 Å². The molecule has 1 aliphatic heterocycles. The highest BCUT2D eigenvalue weighted by atomic mass is 16.5. The quantitative estimate of drug-likeness (QED) is 0.713. The molecule has 0 spiro atoms. The van der Waals surface area contributed by atoms with E-state index in [4.69, 9.17) is 16.2 Å². The third kappa shape index (κ3) is 2.38. The highest BCUT2D eigenvalue weighted by Crippen LogP contribution is 2.40. The van der Waals surface area contributed by atoms with Crippen LogP contribution in [-0.4, -0.2) is 24.7 Å². The van der Waals surface area contributed by atoms with Gasteiger partial charge in [0, 0.05) is 6.61 Å². The van der Waals surface area contributed by atoms with Gasteiger partial charge in [0.05, 0.1) is 29.1 Å². The summed E-state index contributed by atoms with van der Waals surface area (Å²) in [5, 5.41) is 3.38. The first-order chi connectivity index (χ1) is 9.16. The number of carbonyl (C=O) groups excluding carboxylic acids is 1. The van der Waals surface area contributed by atoms with Crippen molar-refractivity contribution in [1.29, 1.82) is 0 Å². The van der Waals surface area contributed by atoms with Gasteiger partial charge in [-0.15, -0.1) is 0 Å². The lowest BCUT2D eigenvalue weighted by molar-refractivity contribution is 0.0897. The molecule has 19 heavy (non-hydrogen) atoms. The van der Waals surface area contributed by atoms with Crippen molar-refractivity contribution in [2.75, 3.05) is 17.7 Å². The summed E-state index contributed by atoms with van der Waals surface area (Å²) in [6, 6.07) is 5.43. The first kappa shape index (κ1) is 12.3. The van der Waals surface area contributed by atoms with Crippen LogP contribution in [0.5, 0.6) is 0 Å². The Balaban J connectivity index is 1.84. The molecule has 5 N–H and O–H groups in total. The van der Waals surface area contributed by atoms with E-state index in [2.05, 4.69) is 5.32 Å². The topological polar surface area (TPSA) is 90.4 Å². The van der Waals surface area contributed by atoms with E-state index in [0.717, 1.165) is 13.0 Å². The summed E-state index contributed by atoms with van der Waals surface area (Å²) in [6.45, 7) is 0.761. The SMILES string of the molecule is NC(=O)c1cccc(N)c1NC1CCOC1C1CC1. The average Bonchev–Trinajstić information content (AvgIpc) is 3.12. The Hall–Kier alpha value is -1.75. The Bertz CT molecular complexity index is 499. The lowest BCUT2D eigenvalue weighted by Gasteiger charge is -2.22. The molecule has 0 radical (unpaired) electrons. The summed E-state index contributed by atoms with van der Waals surface area (Å²) in [6.07, 6.45) is 3.64. The molecule has 0 bridgehead atoms. The van der Waals surface area contributed by atoms with Gasteiger partial charge in [-0.25, -0.2) is 0 Å². The molecule has 1 heterocycles. The lowest BCUT2D eigenvalue weighted by atomic mass is 10.0. The molecule has 1 saturated heterocycles. The fourth-order valence-electron chi connectivity index (χ4n) is 2.78. The van der Waals surface area contributed by atoms with Crippen LogP contribution in [0.15, 0.2) is 18.2 Å². The summed E-state index contributed by atoms with van der Waals surface area (Å²) in [5.74, 6) is 0.193. The molecule has 3 rings (SSSR count). The maximum absolute atomic E-state index is 11.5. The van der Waals surface area contributed by atoms with Crippen LogP contribution in [-0.2, 0) is 4.74 Å². The molecular weight excluding hydrogens is 242 g/mol. The molecule has 5 heteroatoms. The minimum atomic E-state index is -0.461. The van der Waals surface area contributed by atoms with Gasteiger partial charge in [0.1, 0.15) is 0 Å². The molecule has 1 aromatic rings. The summed E-state index contributed by atoms with van der Waals surface area (Å²) in [4.78, 5) is 11.5. The zero-order chi connectivity index (χ0) is 13.4. The maximum atomic E-state index is 11.5. The van der Waals surface area contributed by atoms with Crippen LogP contribution in [0.25, 0.3) is 0 Å². The Labute approximate surface area is 112 Å². The fraction of sp³-hybridized carbons (Fsp3) is 0.500. The minimum Gasteiger partial charge on any atom is -0.397 e. The van der Waals surface area contributed by atoms with Gasteiger partial charge in [-0.3, -0.25) is 4.79 Å². The zero-order valence-corrected chi connectivity index (χ0v) is 10.8. The Morgan fingerprint density at radius 1 is 1.32 bits per heavy atom. The van der Waals surface area contributed by atoms with Crippen LogP contribution in [0.3, 0.4) is 0 Å². The van der Waals surface area contributed by atoms with Crippen molar-refractivity contribution in [2.45, 2.75) is 31.4 Å². The highest BCUT2D eigenvalue weighted by molar-refractivity contribution is 6.01. The molecule has 2 aliphatic rings. The standard InChI is InChI=1S/C14H19N3O2/c15-10-3-1-2-9(14(16)18)12(10)17-11-6-7-19-13(11)8-4-5-8/h1-3,8,11,13,17H,4-7,15H2,(H2,16,18). The van der Waals surface area contributed by atoms with E-state index in [1.807, 2.05) is 0 Å². The molecule has 1 saturated carbocycles. The number of hydrogen-bond donors (Lipinski definition) is 3. The van der Waals surface area contributed by atoms with E-state index in [-0.39, 0.29) is 12.1 Å². The van der Waals surface area contributed by atoms with Crippen molar-refractivity contribution >= 4 is 17.3 Å². The monoisotopic (exact) mass is 261 g/mol. The summed E-state index contributed by atoms with van der Waals surface area (Å²) in [5.41, 5.74) is 13.0. The van der Waals surface area contributed by atoms with Crippen molar-refractivity contribution in [3.05, 3.63) is 23.8 Å². The van der Waals surface area contributed by atoms with Crippen molar-refractivity contribution in [1.82, 2.24) is 0 Å². The van der Waals surface area contributed by atoms with E-state index in [1.165, 1.54) is 12.8 Å². The lowest BCUT2D eigenvalue weighted by Crippen LogP contribution is -2.32. The third-order valence-corrected chi connectivity index (χ3v) is 3.91. The van der Waals surface area contributed by atoms with Gasteiger partial charge in [-0.05, 0) is 37.3 Å². The fourth-order valence-corrected chi connectivity index (χ4v) is 2.78. The molecule has 2 atom stereocenters. The highest BCUT2D eigenvalue weighted by Gasteiger charge is 2.40. The number of nitrogen functional groups attached to an aromatic ring is 1. The van der Waals surface area contributed by atoms with E-state index >= 15 is 0 Å². The predicted octanol–water partition coefficient (Wildman–Crippen LogP) is 1.35. The zero-order valence-electron chi connectivity index (χ0n) is 10.8. The van der Waals surface area contributed by atoms with E-state index in [1.54, 1.807) is 18.2 Å². The van der Waals surface area contributed by atoms with Crippen LogP contribution in [0.1, 0.15) is 29.6 Å². The summed E-state index contributed by atoms with van der Waals surface area (Å²) < 4.78 is 5.78. The van der Waals surface area contributed by atoms with Crippen molar-refractivity contribution < 1.29 is 9.53 Å². The molecule has 1 amide bonds. The Morgan fingerprint density at radius 2 is 2.11 bits per heavy atom. The number of rotatable bonds is 4. The molecule has 2 unspecified atom stereocenters. The van der Waals surface area contributed by atoms with Crippen LogP contribution in [0.4, 0.5) is 11.4 Å². The normalized spacial score (nSPS) is 26.3. The summed E-state index contributed by atoms with van der Waals surface area (Å²) >= 11 is 0. The van der Waals surface area contributed by atoms with Crippen molar-refractivity contribution in [2.24, 2.45) is 11.7 Å². The van der Waals surface area contributed by atoms with Crippen molar-refractivity contribution in [3.63, 3.8) is 0 Å². The number of para-hydroxylation sites is 1. The number of anilines is 2. The Kier molecular flexibility index (Phi) is 3.06. The predicted molar refractivity (Wildman–Crippen MR) is 73.9 cm³/mol. The molecule has 1 aromatic carbocycles. The van der Waals surface area contributed by atoms with Gasteiger partial charge < -0.3 is 21.5 Å². The second-order valence-electron chi connectivity index (χ2n) is 5.35. The van der Waals surface area contributed by atoms with Gasteiger partial charge in [0.2, 0.25) is 0 Å². The smallest absolute Gasteiger partial charge is 0.250 e. The molecule has 0 aromatic heterocycles. The largest absolute Gasteiger partial charge is 0.397 e. The maximum Gasteiger partial charge on any atom is 0.250 e. The molecule has 1 aliphatic carbocycles. The molecule has 2 fully saturated rings. The Morgan fingerprint density at radius 3 is 2.79 bits per heavy atom. The van der Waals surface area contributed by atoms with Crippen LogP contribution < -0.4 is 16.8 Å². The van der Waals surface area contributed by atoms with E-state index in [9.17, 15) is 4.79 Å². The number of nitrogens with two attached hydrogens (primary N) is 2. The first-order valence-electron chi connectivity index (χ1n) is 6.73. The van der Waals surface area contributed by atoms with E-state index < -0.39 is 5.91 Å². The average molecular weight is 261 g/mol. The molecule has 5 nitrogen and oxygen atoms in total. The van der Waals surface area contributed by atoms with Gasteiger partial charge in [-0.2, -0.15) is 0 Å². The molecular formula is C14H19N3O2. The number of benzene rings is 1. The second kappa shape index (κ2) is 4.74. The van der Waals surface area contributed by atoms with Gasteiger partial charge in [0.15, 0.2) is 0 Å².